The van der Waals surface area contributed by atoms with Crippen LogP contribution in [0.1, 0.15) is 93.5 Å². The highest BCUT2D eigenvalue weighted by Crippen LogP contribution is 2.37. The Morgan fingerprint density at radius 2 is 1.55 bits per heavy atom. The largest absolute Gasteiger partial charge is 0.480 e. The molecule has 254 valence electrons. The predicted molar refractivity (Wildman–Crippen MR) is 176 cm³/mol. The molecule has 3 amide bonds. The molecule has 11 heteroatoms. The number of piperazine rings is 1. The highest BCUT2D eigenvalue weighted by Gasteiger charge is 2.54. The van der Waals surface area contributed by atoms with Crippen molar-refractivity contribution >= 4 is 23.7 Å². The Morgan fingerprint density at radius 3 is 2.15 bits per heavy atom. The number of ether oxygens (including phenoxy) is 1. The maximum absolute atomic E-state index is 13.9. The van der Waals surface area contributed by atoms with Gasteiger partial charge >= 0.3 is 5.97 Å². The first-order valence-corrected chi connectivity index (χ1v) is 17.0. The third-order valence-electron chi connectivity index (χ3n) is 9.93. The Morgan fingerprint density at radius 1 is 0.936 bits per heavy atom. The quantitative estimate of drug-likeness (QED) is 0.250. The van der Waals surface area contributed by atoms with Crippen LogP contribution in [0.3, 0.4) is 0 Å². The summed E-state index contributed by atoms with van der Waals surface area (Å²) in [6.45, 7) is 4.27. The van der Waals surface area contributed by atoms with E-state index in [9.17, 15) is 24.3 Å². The first kappa shape index (κ1) is 34.4. The minimum absolute atomic E-state index is 0.0455. The molecule has 2 aromatic rings. The van der Waals surface area contributed by atoms with E-state index in [4.69, 9.17) is 9.84 Å². The lowest BCUT2D eigenvalue weighted by molar-refractivity contribution is -0.163. The van der Waals surface area contributed by atoms with Crippen molar-refractivity contribution in [3.63, 3.8) is 0 Å². The minimum Gasteiger partial charge on any atom is -0.480 e. The Labute approximate surface area is 276 Å². The van der Waals surface area contributed by atoms with E-state index in [1.165, 1.54) is 0 Å². The third-order valence-corrected chi connectivity index (χ3v) is 9.93. The highest BCUT2D eigenvalue weighted by atomic mass is 16.5. The summed E-state index contributed by atoms with van der Waals surface area (Å²) in [7, 11) is 0. The average molecular weight is 649 g/mol. The number of amides is 3. The lowest BCUT2D eigenvalue weighted by Gasteiger charge is -2.52. The molecule has 0 unspecified atom stereocenters. The summed E-state index contributed by atoms with van der Waals surface area (Å²) in [5, 5.41) is 25.5. The highest BCUT2D eigenvalue weighted by molar-refractivity contribution is 6.00. The van der Waals surface area contributed by atoms with Crippen LogP contribution in [-0.4, -0.2) is 87.1 Å². The number of aliphatic hydroxyl groups is 1. The molecule has 1 aliphatic carbocycles. The molecule has 3 aliphatic rings. The lowest BCUT2D eigenvalue weighted by Crippen LogP contribution is -2.73. The molecule has 47 heavy (non-hydrogen) atoms. The van der Waals surface area contributed by atoms with Gasteiger partial charge in [0, 0.05) is 38.2 Å². The van der Waals surface area contributed by atoms with Crippen molar-refractivity contribution in [1.82, 2.24) is 20.4 Å². The Bertz CT molecular complexity index is 1400. The third kappa shape index (κ3) is 8.50. The first-order valence-electron chi connectivity index (χ1n) is 17.0. The van der Waals surface area contributed by atoms with Gasteiger partial charge in [-0.3, -0.25) is 24.1 Å². The lowest BCUT2D eigenvalue weighted by atomic mass is 9.79. The van der Waals surface area contributed by atoms with Crippen LogP contribution in [0, 0.1) is 0 Å². The standard InChI is InChI=1S/C36H48N4O7/c1-2-3-20-40-33(44)30(23-35(46)16-6-4-5-7-17-35)38-34(45)36(40)18-21-39(22-19-36)25-26-8-12-28(13-9-26)47-29-14-10-27(11-15-29)32(43)37-24-31(41)42/h8-15,30,46H,2-7,16-25H2,1H3,(H,37,43)(H,38,45)(H,41,42)/t30-/m1/s1. The number of nitrogens with zero attached hydrogens (tertiary/aromatic N) is 2. The van der Waals surface area contributed by atoms with Gasteiger partial charge in [0.25, 0.3) is 5.91 Å². The van der Waals surface area contributed by atoms with Crippen LogP contribution in [-0.2, 0) is 20.9 Å². The van der Waals surface area contributed by atoms with E-state index in [-0.39, 0.29) is 11.8 Å². The van der Waals surface area contributed by atoms with Crippen LogP contribution < -0.4 is 15.4 Å². The van der Waals surface area contributed by atoms with Gasteiger partial charge in [-0.05, 0) is 74.1 Å². The summed E-state index contributed by atoms with van der Waals surface area (Å²) in [4.78, 5) is 54.6. The number of aliphatic carboxylic acids is 1. The average Bonchev–Trinajstić information content (AvgIpc) is 3.28. The van der Waals surface area contributed by atoms with Gasteiger partial charge in [0.05, 0.1) is 5.60 Å². The first-order chi connectivity index (χ1) is 22.6. The summed E-state index contributed by atoms with van der Waals surface area (Å²) in [6, 6.07) is 13.6. The number of benzene rings is 2. The molecular formula is C36H48N4O7. The van der Waals surface area contributed by atoms with Gasteiger partial charge < -0.3 is 30.5 Å². The SMILES string of the molecule is CCCCN1C(=O)[C@@H](CC2(O)CCCCCC2)NC(=O)C12CCN(Cc1ccc(Oc3ccc(C(=O)NCC(=O)O)cc3)cc1)CC2. The van der Waals surface area contributed by atoms with Gasteiger partial charge in [0.15, 0.2) is 0 Å². The fourth-order valence-corrected chi connectivity index (χ4v) is 7.19. The molecule has 0 bridgehead atoms. The maximum atomic E-state index is 13.9. The Balaban J connectivity index is 1.16. The predicted octanol–water partition coefficient (Wildman–Crippen LogP) is 4.23. The number of hydrogen-bond acceptors (Lipinski definition) is 7. The van der Waals surface area contributed by atoms with Crippen LogP contribution in [0.2, 0.25) is 0 Å². The number of piperidine rings is 1. The van der Waals surface area contributed by atoms with Gasteiger partial charge in [-0.2, -0.15) is 0 Å². The smallest absolute Gasteiger partial charge is 0.322 e. The zero-order chi connectivity index (χ0) is 33.4. The molecule has 3 fully saturated rings. The van der Waals surface area contributed by atoms with E-state index in [0.717, 1.165) is 44.1 Å². The number of carboxylic acid groups (broad SMARTS) is 1. The molecule has 2 aliphatic heterocycles. The van der Waals surface area contributed by atoms with Crippen molar-refractivity contribution in [3.05, 3.63) is 59.7 Å². The topological polar surface area (TPSA) is 149 Å². The molecule has 11 nitrogen and oxygen atoms in total. The Hall–Kier alpha value is -3.96. The van der Waals surface area contributed by atoms with Gasteiger partial charge in [-0.1, -0.05) is 51.2 Å². The number of carbonyl (C=O) groups is 4. The fraction of sp³-hybridized carbons (Fsp3) is 0.556. The van der Waals surface area contributed by atoms with E-state index in [2.05, 4.69) is 22.5 Å². The normalized spacial score (nSPS) is 21.1. The van der Waals surface area contributed by atoms with Crippen molar-refractivity contribution in [3.8, 4) is 11.5 Å². The van der Waals surface area contributed by atoms with E-state index in [0.29, 0.717) is 75.3 Å². The number of rotatable bonds is 12. The summed E-state index contributed by atoms with van der Waals surface area (Å²) < 4.78 is 5.93. The summed E-state index contributed by atoms with van der Waals surface area (Å²) in [5.74, 6) is -0.510. The van der Waals surface area contributed by atoms with E-state index in [1.807, 2.05) is 29.2 Å². The summed E-state index contributed by atoms with van der Waals surface area (Å²) >= 11 is 0. The zero-order valence-corrected chi connectivity index (χ0v) is 27.3. The zero-order valence-electron chi connectivity index (χ0n) is 27.3. The van der Waals surface area contributed by atoms with Crippen molar-refractivity contribution in [1.29, 1.82) is 0 Å². The van der Waals surface area contributed by atoms with E-state index >= 15 is 0 Å². The van der Waals surface area contributed by atoms with Crippen LogP contribution >= 0.6 is 0 Å². The van der Waals surface area contributed by atoms with Gasteiger partial charge in [-0.25, -0.2) is 0 Å². The second-order valence-electron chi connectivity index (χ2n) is 13.4. The molecule has 1 saturated carbocycles. The number of nitrogens with one attached hydrogen (secondary N) is 2. The van der Waals surface area contributed by atoms with Gasteiger partial charge in [0.2, 0.25) is 11.8 Å². The minimum atomic E-state index is -1.11. The molecule has 2 saturated heterocycles. The molecule has 5 rings (SSSR count). The molecule has 0 aromatic heterocycles. The number of likely N-dealkylation sites (tertiary alicyclic amines) is 1. The second-order valence-corrected chi connectivity index (χ2v) is 13.4. The maximum Gasteiger partial charge on any atom is 0.322 e. The molecule has 2 heterocycles. The number of carbonyl (C=O) groups excluding carboxylic acids is 3. The van der Waals surface area contributed by atoms with Crippen molar-refractivity contribution in [2.45, 2.75) is 101 Å². The molecule has 2 aromatic carbocycles. The number of carboxylic acids is 1. The summed E-state index contributed by atoms with van der Waals surface area (Å²) in [6.07, 6.45) is 8.66. The number of unbranched alkanes of at least 4 members (excludes halogenated alkanes) is 1. The molecular weight excluding hydrogens is 600 g/mol. The number of hydrogen-bond donors (Lipinski definition) is 4. The van der Waals surface area contributed by atoms with Crippen LogP contribution in [0.15, 0.2) is 48.5 Å². The van der Waals surface area contributed by atoms with Crippen molar-refractivity contribution in [2.24, 2.45) is 0 Å². The molecule has 0 radical (unpaired) electrons. The molecule has 1 atom stereocenters. The molecule has 1 spiro atoms. The van der Waals surface area contributed by atoms with Gasteiger partial charge in [-0.15, -0.1) is 0 Å². The van der Waals surface area contributed by atoms with Crippen LogP contribution in [0.25, 0.3) is 0 Å². The van der Waals surface area contributed by atoms with Crippen molar-refractivity contribution < 1.29 is 34.1 Å². The van der Waals surface area contributed by atoms with E-state index < -0.39 is 35.6 Å². The molecule has 4 N–H and O–H groups in total. The van der Waals surface area contributed by atoms with Crippen LogP contribution in [0.4, 0.5) is 0 Å². The second kappa shape index (κ2) is 15.3. The Kier molecular flexibility index (Phi) is 11.2. The monoisotopic (exact) mass is 648 g/mol. The van der Waals surface area contributed by atoms with Crippen molar-refractivity contribution in [2.75, 3.05) is 26.2 Å². The summed E-state index contributed by atoms with van der Waals surface area (Å²) in [5.41, 5.74) is -0.311. The fourth-order valence-electron chi connectivity index (χ4n) is 7.19. The van der Waals surface area contributed by atoms with Crippen LogP contribution in [0.5, 0.6) is 11.5 Å². The van der Waals surface area contributed by atoms with Gasteiger partial charge in [0.1, 0.15) is 29.6 Å². The van der Waals surface area contributed by atoms with E-state index in [1.54, 1.807) is 24.3 Å².